The summed E-state index contributed by atoms with van der Waals surface area (Å²) in [6, 6.07) is 1.16. The molecule has 2 amide bonds. The number of hydrogen-bond donors (Lipinski definition) is 1. The number of thioether (sulfide) groups is 1. The van der Waals surface area contributed by atoms with Gasteiger partial charge in [-0.25, -0.2) is 9.78 Å². The molecule has 0 aromatic carbocycles. The van der Waals surface area contributed by atoms with E-state index in [1.807, 2.05) is 0 Å². The van der Waals surface area contributed by atoms with Crippen LogP contribution in [0.15, 0.2) is 18.3 Å². The van der Waals surface area contributed by atoms with Crippen LogP contribution < -0.4 is 5.32 Å². The molecule has 2 atom stereocenters. The van der Waals surface area contributed by atoms with Crippen molar-refractivity contribution in [2.75, 3.05) is 30.0 Å². The molecule has 0 bridgehead atoms. The Morgan fingerprint density at radius 2 is 2.00 bits per heavy atom. The summed E-state index contributed by atoms with van der Waals surface area (Å²) in [5.74, 6) is 1.54. The first-order valence-corrected chi connectivity index (χ1v) is 10.8. The van der Waals surface area contributed by atoms with Crippen molar-refractivity contribution in [3.8, 4) is 0 Å². The fourth-order valence-electron chi connectivity index (χ4n) is 3.35. The number of rotatable bonds is 3. The van der Waals surface area contributed by atoms with Crippen molar-refractivity contribution >= 4 is 29.6 Å². The van der Waals surface area contributed by atoms with Crippen LogP contribution in [-0.4, -0.2) is 69.2 Å². The lowest BCUT2D eigenvalue weighted by Crippen LogP contribution is -2.48. The minimum absolute atomic E-state index is 0.143. The molecule has 2 fully saturated rings. The number of aromatic nitrogens is 1. The molecule has 0 radical (unpaired) electrons. The number of amides is 2. The van der Waals surface area contributed by atoms with Crippen molar-refractivity contribution in [2.45, 2.75) is 51.1 Å². The first-order valence-electron chi connectivity index (χ1n) is 9.60. The van der Waals surface area contributed by atoms with Crippen molar-refractivity contribution < 1.29 is 27.5 Å². The van der Waals surface area contributed by atoms with E-state index in [-0.39, 0.29) is 24.3 Å². The standard InChI is InChI=1S/C19H25F3N4O3S/c1-18(2,3)29-17(28)26-10-13(8-14(26)16(27)25-6-7-30-11-25)24-15-5-4-12(9-23-15)19(20,21)22/h4-5,9,13-14H,6-8,10-11H2,1-3H3,(H,23,24)/t13-,14-/m0/s1. The normalized spacial score (nSPS) is 22.3. The average molecular weight is 446 g/mol. The second-order valence-electron chi connectivity index (χ2n) is 8.29. The highest BCUT2D eigenvalue weighted by Gasteiger charge is 2.43. The number of nitrogens with one attached hydrogen (secondary N) is 1. The summed E-state index contributed by atoms with van der Waals surface area (Å²) in [6.45, 7) is 6.06. The molecule has 0 unspecified atom stereocenters. The van der Waals surface area contributed by atoms with Crippen molar-refractivity contribution in [2.24, 2.45) is 0 Å². The Labute approximate surface area is 177 Å². The highest BCUT2D eigenvalue weighted by Crippen LogP contribution is 2.30. The van der Waals surface area contributed by atoms with Crippen LogP contribution in [0.3, 0.4) is 0 Å². The number of anilines is 1. The Hall–Kier alpha value is -2.17. The summed E-state index contributed by atoms with van der Waals surface area (Å²) < 4.78 is 43.6. The van der Waals surface area contributed by atoms with E-state index >= 15 is 0 Å². The zero-order valence-electron chi connectivity index (χ0n) is 17.0. The van der Waals surface area contributed by atoms with Crippen LogP contribution in [0, 0.1) is 0 Å². The Balaban J connectivity index is 1.73. The molecule has 1 aromatic rings. The van der Waals surface area contributed by atoms with Crippen LogP contribution in [-0.2, 0) is 15.7 Å². The Morgan fingerprint density at radius 3 is 2.53 bits per heavy atom. The molecule has 166 valence electrons. The molecule has 2 aliphatic rings. The molecular formula is C19H25F3N4O3S. The minimum Gasteiger partial charge on any atom is -0.444 e. The minimum atomic E-state index is -4.46. The lowest BCUT2D eigenvalue weighted by atomic mass is 10.1. The molecule has 3 heterocycles. The van der Waals surface area contributed by atoms with E-state index in [2.05, 4.69) is 10.3 Å². The Morgan fingerprint density at radius 1 is 1.27 bits per heavy atom. The van der Waals surface area contributed by atoms with Gasteiger partial charge in [0.2, 0.25) is 5.91 Å². The van der Waals surface area contributed by atoms with Crippen LogP contribution in [0.4, 0.5) is 23.8 Å². The van der Waals surface area contributed by atoms with Crippen molar-refractivity contribution in [1.29, 1.82) is 0 Å². The van der Waals surface area contributed by atoms with Gasteiger partial charge in [-0.3, -0.25) is 9.69 Å². The van der Waals surface area contributed by atoms with Gasteiger partial charge < -0.3 is 15.0 Å². The SMILES string of the molecule is CC(C)(C)OC(=O)N1C[C@@H](Nc2ccc(C(F)(F)F)cn2)C[C@H]1C(=O)N1CCSC1. The number of ether oxygens (including phenoxy) is 1. The lowest BCUT2D eigenvalue weighted by Gasteiger charge is -2.29. The largest absolute Gasteiger partial charge is 0.444 e. The number of likely N-dealkylation sites (tertiary alicyclic amines) is 1. The van der Waals surface area contributed by atoms with Crippen LogP contribution in [0.1, 0.15) is 32.8 Å². The maximum Gasteiger partial charge on any atom is 0.417 e. The van der Waals surface area contributed by atoms with Gasteiger partial charge in [-0.2, -0.15) is 13.2 Å². The van der Waals surface area contributed by atoms with Gasteiger partial charge >= 0.3 is 12.3 Å². The predicted molar refractivity (Wildman–Crippen MR) is 107 cm³/mol. The molecule has 1 N–H and O–H groups in total. The third-order valence-electron chi connectivity index (χ3n) is 4.72. The highest BCUT2D eigenvalue weighted by molar-refractivity contribution is 7.99. The Kier molecular flexibility index (Phi) is 6.40. The summed E-state index contributed by atoms with van der Waals surface area (Å²) in [4.78, 5) is 32.6. The van der Waals surface area contributed by atoms with Crippen LogP contribution >= 0.6 is 11.8 Å². The first kappa shape index (κ1) is 22.5. The quantitative estimate of drug-likeness (QED) is 0.767. The highest BCUT2D eigenvalue weighted by atomic mass is 32.2. The van der Waals surface area contributed by atoms with Gasteiger partial charge in [0.1, 0.15) is 17.5 Å². The van der Waals surface area contributed by atoms with E-state index in [1.54, 1.807) is 37.4 Å². The van der Waals surface area contributed by atoms with Gasteiger partial charge in [-0.05, 0) is 39.3 Å². The number of alkyl halides is 3. The second-order valence-corrected chi connectivity index (χ2v) is 9.37. The monoisotopic (exact) mass is 446 g/mol. The zero-order valence-corrected chi connectivity index (χ0v) is 17.8. The number of carbonyl (C=O) groups excluding carboxylic acids is 2. The van der Waals surface area contributed by atoms with Gasteiger partial charge in [0, 0.05) is 31.1 Å². The fraction of sp³-hybridized carbons (Fsp3) is 0.632. The number of nitrogens with zero attached hydrogens (tertiary/aromatic N) is 3. The molecular weight excluding hydrogens is 421 g/mol. The molecule has 30 heavy (non-hydrogen) atoms. The molecule has 11 heteroatoms. The zero-order chi connectivity index (χ0) is 22.1. The second kappa shape index (κ2) is 8.52. The summed E-state index contributed by atoms with van der Waals surface area (Å²) >= 11 is 1.65. The van der Waals surface area contributed by atoms with Crippen LogP contribution in [0.25, 0.3) is 0 Å². The predicted octanol–water partition coefficient (Wildman–Crippen LogP) is 3.42. The summed E-state index contributed by atoms with van der Waals surface area (Å²) in [5.41, 5.74) is -1.55. The van der Waals surface area contributed by atoms with Gasteiger partial charge in [0.25, 0.3) is 0 Å². The molecule has 3 rings (SSSR count). The first-order chi connectivity index (χ1) is 13.9. The third-order valence-corrected chi connectivity index (χ3v) is 5.69. The lowest BCUT2D eigenvalue weighted by molar-refractivity contribution is -0.138. The maximum absolute atomic E-state index is 13.0. The number of pyridine rings is 1. The molecule has 0 saturated carbocycles. The molecule has 0 aliphatic carbocycles. The van der Waals surface area contributed by atoms with Crippen molar-refractivity contribution in [3.05, 3.63) is 23.9 Å². The number of carbonyl (C=O) groups is 2. The summed E-state index contributed by atoms with van der Waals surface area (Å²) in [7, 11) is 0. The number of hydrogen-bond acceptors (Lipinski definition) is 6. The molecule has 2 saturated heterocycles. The Bertz CT molecular complexity index is 777. The number of halogens is 3. The third kappa shape index (κ3) is 5.50. The van der Waals surface area contributed by atoms with Gasteiger partial charge in [-0.15, -0.1) is 11.8 Å². The fourth-order valence-corrected chi connectivity index (χ4v) is 4.31. The summed E-state index contributed by atoms with van der Waals surface area (Å²) in [6.07, 6.45) is -3.97. The van der Waals surface area contributed by atoms with E-state index in [4.69, 9.17) is 4.74 Å². The van der Waals surface area contributed by atoms with Gasteiger partial charge in [0.15, 0.2) is 0 Å². The summed E-state index contributed by atoms with van der Waals surface area (Å²) in [5, 5.41) is 3.04. The van der Waals surface area contributed by atoms with Crippen LogP contribution in [0.5, 0.6) is 0 Å². The van der Waals surface area contributed by atoms with Gasteiger partial charge in [0.05, 0.1) is 11.4 Å². The molecule has 1 aromatic heterocycles. The van der Waals surface area contributed by atoms with Crippen molar-refractivity contribution in [3.63, 3.8) is 0 Å². The average Bonchev–Trinajstić information content (AvgIpc) is 3.29. The van der Waals surface area contributed by atoms with E-state index < -0.39 is 29.5 Å². The topological polar surface area (TPSA) is 74.8 Å². The smallest absolute Gasteiger partial charge is 0.417 e. The molecule has 0 spiro atoms. The van der Waals surface area contributed by atoms with Gasteiger partial charge in [-0.1, -0.05) is 0 Å². The van der Waals surface area contributed by atoms with E-state index in [9.17, 15) is 22.8 Å². The van der Waals surface area contributed by atoms with E-state index in [0.717, 1.165) is 18.0 Å². The van der Waals surface area contributed by atoms with E-state index in [0.29, 0.717) is 18.8 Å². The van der Waals surface area contributed by atoms with Crippen molar-refractivity contribution in [1.82, 2.24) is 14.8 Å². The van der Waals surface area contributed by atoms with Crippen LogP contribution in [0.2, 0.25) is 0 Å². The maximum atomic E-state index is 13.0. The molecule has 7 nitrogen and oxygen atoms in total. The molecule has 2 aliphatic heterocycles. The van der Waals surface area contributed by atoms with E-state index in [1.165, 1.54) is 11.0 Å².